The van der Waals surface area contributed by atoms with Gasteiger partial charge in [-0.3, -0.25) is 0 Å². The first-order chi connectivity index (χ1) is 9.28. The molecule has 0 saturated heterocycles. The van der Waals surface area contributed by atoms with Gasteiger partial charge in [-0.15, -0.1) is 0 Å². The van der Waals surface area contributed by atoms with E-state index in [9.17, 15) is 12.8 Å². The van der Waals surface area contributed by atoms with Crippen molar-refractivity contribution in [3.05, 3.63) is 47.8 Å². The number of nitrogens with zero attached hydrogens (tertiary/aromatic N) is 2. The molecule has 0 aliphatic heterocycles. The van der Waals surface area contributed by atoms with Gasteiger partial charge in [-0.1, -0.05) is 6.07 Å². The molecule has 20 heavy (non-hydrogen) atoms. The number of hydrogen-bond donors (Lipinski definition) is 1. The molecule has 0 aliphatic rings. The molecule has 7 heteroatoms. The molecule has 0 fully saturated rings. The molecule has 2 rings (SSSR count). The summed E-state index contributed by atoms with van der Waals surface area (Å²) in [6.45, 7) is 3.44. The van der Waals surface area contributed by atoms with Crippen LogP contribution in [0.15, 0.2) is 30.6 Å². The summed E-state index contributed by atoms with van der Waals surface area (Å²) in [5, 5.41) is 0. The van der Waals surface area contributed by atoms with Crippen LogP contribution in [0.5, 0.6) is 0 Å². The minimum atomic E-state index is -3.33. The van der Waals surface area contributed by atoms with E-state index in [2.05, 4.69) is 9.71 Å². The third-order valence-corrected chi connectivity index (χ3v) is 3.73. The zero-order chi connectivity index (χ0) is 14.9. The Kier molecular flexibility index (Phi) is 3.92. The summed E-state index contributed by atoms with van der Waals surface area (Å²) < 4.78 is 40.6. The van der Waals surface area contributed by atoms with Gasteiger partial charge in [-0.2, -0.15) is 0 Å². The van der Waals surface area contributed by atoms with E-state index >= 15 is 0 Å². The van der Waals surface area contributed by atoms with Gasteiger partial charge in [0.25, 0.3) is 0 Å². The summed E-state index contributed by atoms with van der Waals surface area (Å²) in [5.41, 5.74) is 0.949. The first kappa shape index (κ1) is 14.7. The zero-order valence-corrected chi connectivity index (χ0v) is 12.3. The van der Waals surface area contributed by atoms with Crippen LogP contribution >= 0.6 is 0 Å². The molecule has 2 aromatic rings. The lowest BCUT2D eigenvalue weighted by Crippen LogP contribution is -2.25. The Hall–Kier alpha value is -1.73. The van der Waals surface area contributed by atoms with Crippen molar-refractivity contribution < 1.29 is 12.8 Å². The van der Waals surface area contributed by atoms with Crippen LogP contribution in [0.3, 0.4) is 0 Å². The number of imidazole rings is 1. The Morgan fingerprint density at radius 1 is 1.40 bits per heavy atom. The maximum Gasteiger partial charge on any atom is 0.209 e. The fraction of sp³-hybridized carbons (Fsp3) is 0.308. The van der Waals surface area contributed by atoms with E-state index in [0.29, 0.717) is 17.1 Å². The molecule has 0 radical (unpaired) electrons. The van der Waals surface area contributed by atoms with Crippen LogP contribution in [-0.2, 0) is 10.0 Å². The zero-order valence-electron chi connectivity index (χ0n) is 11.5. The van der Waals surface area contributed by atoms with Gasteiger partial charge in [0.05, 0.1) is 11.9 Å². The molecule has 0 aliphatic carbocycles. The number of hydrogen-bond acceptors (Lipinski definition) is 3. The standard InChI is InChI=1S/C13H16FN3O2S/c1-9(16-20(3,18)19)11-4-5-13(12(14)8-11)17-7-6-15-10(17)2/h4-9,16H,1-3H3/t9-/m0/s1. The van der Waals surface area contributed by atoms with Crippen molar-refractivity contribution in [2.45, 2.75) is 19.9 Å². The molecule has 0 saturated carbocycles. The van der Waals surface area contributed by atoms with E-state index in [1.807, 2.05) is 0 Å². The molecular formula is C13H16FN3O2S. The Morgan fingerprint density at radius 3 is 2.60 bits per heavy atom. The fourth-order valence-electron chi connectivity index (χ4n) is 2.01. The Bertz CT molecular complexity index is 725. The van der Waals surface area contributed by atoms with E-state index in [1.54, 1.807) is 42.9 Å². The summed E-state index contributed by atoms with van der Waals surface area (Å²) >= 11 is 0. The summed E-state index contributed by atoms with van der Waals surface area (Å²) in [6.07, 6.45) is 4.34. The second kappa shape index (κ2) is 5.34. The van der Waals surface area contributed by atoms with Gasteiger partial charge in [0.2, 0.25) is 10.0 Å². The summed E-state index contributed by atoms with van der Waals surface area (Å²) in [4.78, 5) is 4.04. The molecule has 5 nitrogen and oxygen atoms in total. The first-order valence-electron chi connectivity index (χ1n) is 6.05. The molecule has 1 heterocycles. The van der Waals surface area contributed by atoms with Gasteiger partial charge >= 0.3 is 0 Å². The summed E-state index contributed by atoms with van der Waals surface area (Å²) in [5.74, 6) is 0.254. The van der Waals surface area contributed by atoms with E-state index < -0.39 is 21.9 Å². The van der Waals surface area contributed by atoms with Crippen LogP contribution in [0.2, 0.25) is 0 Å². The number of halogens is 1. The Labute approximate surface area is 117 Å². The molecule has 0 unspecified atom stereocenters. The van der Waals surface area contributed by atoms with Crippen molar-refractivity contribution in [2.24, 2.45) is 0 Å². The highest BCUT2D eigenvalue weighted by Crippen LogP contribution is 2.20. The van der Waals surface area contributed by atoms with E-state index in [0.717, 1.165) is 6.26 Å². The lowest BCUT2D eigenvalue weighted by Gasteiger charge is -2.14. The van der Waals surface area contributed by atoms with Crippen LogP contribution in [-0.4, -0.2) is 24.2 Å². The largest absolute Gasteiger partial charge is 0.301 e. The van der Waals surface area contributed by atoms with Crippen molar-refractivity contribution in [3.63, 3.8) is 0 Å². The Balaban J connectivity index is 2.33. The average Bonchev–Trinajstić information content (AvgIpc) is 2.73. The normalized spacial score (nSPS) is 13.4. The maximum atomic E-state index is 14.2. The topological polar surface area (TPSA) is 64.0 Å². The Morgan fingerprint density at radius 2 is 2.10 bits per heavy atom. The molecule has 1 aromatic heterocycles. The molecule has 0 spiro atoms. The van der Waals surface area contributed by atoms with E-state index in [4.69, 9.17) is 0 Å². The fourth-order valence-corrected chi connectivity index (χ4v) is 2.79. The minimum absolute atomic E-state index is 0.385. The van der Waals surface area contributed by atoms with Crippen LogP contribution in [0.25, 0.3) is 5.69 Å². The highest BCUT2D eigenvalue weighted by Gasteiger charge is 2.14. The molecule has 1 atom stereocenters. The third-order valence-electron chi connectivity index (χ3n) is 2.95. The molecule has 1 aromatic carbocycles. The van der Waals surface area contributed by atoms with Gasteiger partial charge in [0.1, 0.15) is 11.6 Å². The van der Waals surface area contributed by atoms with Crippen LogP contribution in [0.1, 0.15) is 24.4 Å². The lowest BCUT2D eigenvalue weighted by atomic mass is 10.1. The van der Waals surface area contributed by atoms with Crippen molar-refractivity contribution in [1.29, 1.82) is 0 Å². The highest BCUT2D eigenvalue weighted by molar-refractivity contribution is 7.88. The number of nitrogens with one attached hydrogen (secondary N) is 1. The maximum absolute atomic E-state index is 14.2. The minimum Gasteiger partial charge on any atom is -0.301 e. The second-order valence-corrected chi connectivity index (χ2v) is 6.45. The number of rotatable bonds is 4. The number of aromatic nitrogens is 2. The SMILES string of the molecule is Cc1nccn1-c1ccc([C@H](C)NS(C)(=O)=O)cc1F. The van der Waals surface area contributed by atoms with Crippen LogP contribution in [0, 0.1) is 12.7 Å². The van der Waals surface area contributed by atoms with Crippen LogP contribution in [0.4, 0.5) is 4.39 Å². The number of sulfonamides is 1. The average molecular weight is 297 g/mol. The lowest BCUT2D eigenvalue weighted by molar-refractivity contribution is 0.570. The van der Waals surface area contributed by atoms with Crippen molar-refractivity contribution >= 4 is 10.0 Å². The molecular weight excluding hydrogens is 281 g/mol. The molecule has 0 amide bonds. The number of aryl methyl sites for hydroxylation is 1. The highest BCUT2D eigenvalue weighted by atomic mass is 32.2. The third kappa shape index (κ3) is 3.23. The summed E-state index contributed by atoms with van der Waals surface area (Å²) in [6, 6.07) is 4.15. The van der Waals surface area contributed by atoms with E-state index in [-0.39, 0.29) is 0 Å². The molecule has 0 bridgehead atoms. The summed E-state index contributed by atoms with van der Waals surface area (Å²) in [7, 11) is -3.33. The van der Waals surface area contributed by atoms with Crippen molar-refractivity contribution in [1.82, 2.24) is 14.3 Å². The van der Waals surface area contributed by atoms with Crippen molar-refractivity contribution in [2.75, 3.05) is 6.26 Å². The van der Waals surface area contributed by atoms with Crippen LogP contribution < -0.4 is 4.72 Å². The quantitative estimate of drug-likeness (QED) is 0.938. The van der Waals surface area contributed by atoms with Gasteiger partial charge in [-0.05, 0) is 31.5 Å². The first-order valence-corrected chi connectivity index (χ1v) is 7.94. The van der Waals surface area contributed by atoms with Crippen molar-refractivity contribution in [3.8, 4) is 5.69 Å². The second-order valence-electron chi connectivity index (χ2n) is 4.67. The van der Waals surface area contributed by atoms with Gasteiger partial charge < -0.3 is 4.57 Å². The van der Waals surface area contributed by atoms with Gasteiger partial charge in [0.15, 0.2) is 0 Å². The predicted molar refractivity (Wildman–Crippen MR) is 74.7 cm³/mol. The molecule has 1 N–H and O–H groups in total. The number of benzene rings is 1. The molecule has 108 valence electrons. The van der Waals surface area contributed by atoms with Gasteiger partial charge in [0, 0.05) is 18.4 Å². The smallest absolute Gasteiger partial charge is 0.209 e. The predicted octanol–water partition coefficient (Wildman–Crippen LogP) is 1.93. The van der Waals surface area contributed by atoms with E-state index in [1.165, 1.54) is 6.07 Å². The monoisotopic (exact) mass is 297 g/mol. The van der Waals surface area contributed by atoms with Gasteiger partial charge in [-0.25, -0.2) is 22.5 Å².